The van der Waals surface area contributed by atoms with Gasteiger partial charge in [-0.15, -0.1) is 0 Å². The number of fused-ring (bicyclic) bond motifs is 1. The fourth-order valence-electron chi connectivity index (χ4n) is 2.37. The number of hydrogen-bond donors (Lipinski definition) is 1. The van der Waals surface area contributed by atoms with Gasteiger partial charge in [-0.25, -0.2) is 9.97 Å². The van der Waals surface area contributed by atoms with Crippen LogP contribution in [0.5, 0.6) is 5.75 Å². The molecular formula is C15H16IN3O. The quantitative estimate of drug-likeness (QED) is 0.830. The predicted octanol–water partition coefficient (Wildman–Crippen LogP) is 3.22. The molecule has 4 nitrogen and oxygen atoms in total. The van der Waals surface area contributed by atoms with Crippen LogP contribution in [0.25, 0.3) is 11.4 Å². The topological polar surface area (TPSA) is 61.0 Å². The molecule has 1 aliphatic heterocycles. The molecule has 2 heterocycles. The van der Waals surface area contributed by atoms with Crippen molar-refractivity contribution in [3.8, 4) is 17.1 Å². The number of hydrogen-bond acceptors (Lipinski definition) is 4. The molecule has 0 unspecified atom stereocenters. The zero-order valence-electron chi connectivity index (χ0n) is 11.3. The van der Waals surface area contributed by atoms with Gasteiger partial charge in [-0.1, -0.05) is 13.3 Å². The van der Waals surface area contributed by atoms with Crippen LogP contribution in [-0.4, -0.2) is 16.6 Å². The van der Waals surface area contributed by atoms with E-state index in [1.54, 1.807) is 0 Å². The van der Waals surface area contributed by atoms with Crippen molar-refractivity contribution in [2.24, 2.45) is 0 Å². The number of nitrogen functional groups attached to an aromatic ring is 1. The van der Waals surface area contributed by atoms with Crippen LogP contribution in [0.3, 0.4) is 0 Å². The van der Waals surface area contributed by atoms with Crippen molar-refractivity contribution in [1.82, 2.24) is 9.97 Å². The van der Waals surface area contributed by atoms with E-state index in [0.29, 0.717) is 11.6 Å². The lowest BCUT2D eigenvalue weighted by atomic mass is 10.1. The summed E-state index contributed by atoms with van der Waals surface area (Å²) in [6.45, 7) is 2.90. The van der Waals surface area contributed by atoms with Gasteiger partial charge in [0, 0.05) is 12.0 Å². The van der Waals surface area contributed by atoms with E-state index in [4.69, 9.17) is 10.5 Å². The number of ether oxygens (including phenoxy) is 1. The summed E-state index contributed by atoms with van der Waals surface area (Å²) < 4.78 is 6.50. The fourth-order valence-corrected chi connectivity index (χ4v) is 2.88. The average Bonchev–Trinajstić information content (AvgIpc) is 2.91. The third kappa shape index (κ3) is 2.46. The van der Waals surface area contributed by atoms with Crippen LogP contribution >= 0.6 is 22.6 Å². The second-order valence-electron chi connectivity index (χ2n) is 4.86. The van der Waals surface area contributed by atoms with Gasteiger partial charge in [0.05, 0.1) is 15.9 Å². The van der Waals surface area contributed by atoms with Crippen molar-refractivity contribution in [3.05, 3.63) is 33.0 Å². The Bertz CT molecular complexity index is 658. The van der Waals surface area contributed by atoms with Crippen LogP contribution in [0.15, 0.2) is 18.2 Å². The number of benzene rings is 1. The Hall–Kier alpha value is -1.37. The molecule has 1 aliphatic rings. The SMILES string of the molecule is CCCc1nc(-c2ccc3c(c2)CCO3)nc(N)c1I. The molecule has 0 atom stereocenters. The van der Waals surface area contributed by atoms with Gasteiger partial charge < -0.3 is 10.5 Å². The van der Waals surface area contributed by atoms with Crippen molar-refractivity contribution in [3.63, 3.8) is 0 Å². The molecule has 5 heteroatoms. The Balaban J connectivity index is 2.05. The molecule has 1 aromatic carbocycles. The van der Waals surface area contributed by atoms with Gasteiger partial charge in [0.15, 0.2) is 5.82 Å². The molecular weight excluding hydrogens is 365 g/mol. The lowest BCUT2D eigenvalue weighted by Crippen LogP contribution is -2.05. The second-order valence-corrected chi connectivity index (χ2v) is 5.94. The average molecular weight is 381 g/mol. The highest BCUT2D eigenvalue weighted by atomic mass is 127. The number of nitrogens with two attached hydrogens (primary N) is 1. The summed E-state index contributed by atoms with van der Waals surface area (Å²) >= 11 is 2.22. The molecule has 3 rings (SSSR count). The zero-order chi connectivity index (χ0) is 14.1. The molecule has 0 fully saturated rings. The molecule has 0 radical (unpaired) electrons. The maximum absolute atomic E-state index is 6.02. The van der Waals surface area contributed by atoms with E-state index in [2.05, 4.69) is 45.5 Å². The lowest BCUT2D eigenvalue weighted by Gasteiger charge is -2.09. The van der Waals surface area contributed by atoms with Crippen molar-refractivity contribution in [1.29, 1.82) is 0 Å². The summed E-state index contributed by atoms with van der Waals surface area (Å²) in [5.41, 5.74) is 9.28. The minimum Gasteiger partial charge on any atom is -0.493 e. The Labute approximate surface area is 131 Å². The Morgan fingerprint density at radius 3 is 3.00 bits per heavy atom. The highest BCUT2D eigenvalue weighted by Gasteiger charge is 2.15. The summed E-state index contributed by atoms with van der Waals surface area (Å²) in [5.74, 6) is 2.25. The maximum Gasteiger partial charge on any atom is 0.161 e. The summed E-state index contributed by atoms with van der Waals surface area (Å²) in [6, 6.07) is 6.11. The van der Waals surface area contributed by atoms with E-state index in [-0.39, 0.29) is 0 Å². The Morgan fingerprint density at radius 2 is 2.20 bits per heavy atom. The monoisotopic (exact) mass is 381 g/mol. The van der Waals surface area contributed by atoms with Crippen molar-refractivity contribution < 1.29 is 4.74 Å². The van der Waals surface area contributed by atoms with Crippen LogP contribution in [0, 0.1) is 3.57 Å². The molecule has 2 N–H and O–H groups in total. The smallest absolute Gasteiger partial charge is 0.161 e. The minimum atomic E-state index is 0.566. The van der Waals surface area contributed by atoms with Crippen molar-refractivity contribution in [2.75, 3.05) is 12.3 Å². The molecule has 104 valence electrons. The van der Waals surface area contributed by atoms with E-state index in [0.717, 1.165) is 46.4 Å². The van der Waals surface area contributed by atoms with Crippen LogP contribution in [-0.2, 0) is 12.8 Å². The molecule has 0 aliphatic carbocycles. The first-order chi connectivity index (χ1) is 9.69. The molecule has 2 aromatic rings. The minimum absolute atomic E-state index is 0.566. The molecule has 0 amide bonds. The Kier molecular flexibility index (Phi) is 3.78. The first-order valence-corrected chi connectivity index (χ1v) is 7.85. The van der Waals surface area contributed by atoms with E-state index in [9.17, 15) is 0 Å². The molecule has 0 saturated carbocycles. The van der Waals surface area contributed by atoms with Crippen LogP contribution < -0.4 is 10.5 Å². The number of anilines is 1. The second kappa shape index (κ2) is 5.55. The summed E-state index contributed by atoms with van der Waals surface area (Å²) in [6.07, 6.45) is 2.92. The molecule has 0 spiro atoms. The van der Waals surface area contributed by atoms with Crippen LogP contribution in [0.4, 0.5) is 5.82 Å². The van der Waals surface area contributed by atoms with E-state index >= 15 is 0 Å². The third-order valence-corrected chi connectivity index (χ3v) is 4.56. The first-order valence-electron chi connectivity index (χ1n) is 6.77. The maximum atomic E-state index is 6.02. The fraction of sp³-hybridized carbons (Fsp3) is 0.333. The number of aromatic nitrogens is 2. The normalized spacial score (nSPS) is 13.1. The Morgan fingerprint density at radius 1 is 1.35 bits per heavy atom. The predicted molar refractivity (Wildman–Crippen MR) is 87.8 cm³/mol. The summed E-state index contributed by atoms with van der Waals surface area (Å²) in [5, 5.41) is 0. The van der Waals surface area contributed by atoms with E-state index in [1.807, 2.05) is 12.1 Å². The van der Waals surface area contributed by atoms with Gasteiger partial charge in [0.2, 0.25) is 0 Å². The molecule has 0 saturated heterocycles. The van der Waals surface area contributed by atoms with E-state index < -0.39 is 0 Å². The number of halogens is 1. The van der Waals surface area contributed by atoms with Gasteiger partial charge >= 0.3 is 0 Å². The highest BCUT2D eigenvalue weighted by molar-refractivity contribution is 14.1. The van der Waals surface area contributed by atoms with Crippen LogP contribution in [0.1, 0.15) is 24.6 Å². The third-order valence-electron chi connectivity index (χ3n) is 3.38. The van der Waals surface area contributed by atoms with Crippen LogP contribution in [0.2, 0.25) is 0 Å². The van der Waals surface area contributed by atoms with Gasteiger partial charge in [0.25, 0.3) is 0 Å². The zero-order valence-corrected chi connectivity index (χ0v) is 13.5. The standard InChI is InChI=1S/C15H16IN3O/c1-2-3-11-13(16)14(17)19-15(18-11)10-4-5-12-9(8-10)6-7-20-12/h4-5,8H,2-3,6-7H2,1H3,(H2,17,18,19). The molecule has 20 heavy (non-hydrogen) atoms. The first kappa shape index (κ1) is 13.6. The largest absolute Gasteiger partial charge is 0.493 e. The summed E-state index contributed by atoms with van der Waals surface area (Å²) in [7, 11) is 0. The summed E-state index contributed by atoms with van der Waals surface area (Å²) in [4.78, 5) is 9.11. The lowest BCUT2D eigenvalue weighted by molar-refractivity contribution is 0.357. The highest BCUT2D eigenvalue weighted by Crippen LogP contribution is 2.30. The van der Waals surface area contributed by atoms with Gasteiger partial charge in [-0.2, -0.15) is 0 Å². The molecule has 0 bridgehead atoms. The van der Waals surface area contributed by atoms with Gasteiger partial charge in [-0.3, -0.25) is 0 Å². The number of rotatable bonds is 3. The van der Waals surface area contributed by atoms with Crippen molar-refractivity contribution >= 4 is 28.4 Å². The van der Waals surface area contributed by atoms with Crippen molar-refractivity contribution in [2.45, 2.75) is 26.2 Å². The van der Waals surface area contributed by atoms with E-state index in [1.165, 1.54) is 5.56 Å². The molecule has 1 aromatic heterocycles. The number of aryl methyl sites for hydroxylation is 1. The van der Waals surface area contributed by atoms with Gasteiger partial charge in [-0.05, 0) is 52.8 Å². The van der Waals surface area contributed by atoms with Gasteiger partial charge in [0.1, 0.15) is 11.6 Å². The number of nitrogens with zero attached hydrogens (tertiary/aromatic N) is 2.